The predicted octanol–water partition coefficient (Wildman–Crippen LogP) is 0.907. The molecule has 0 aliphatic carbocycles. The number of hydrogen-bond donors (Lipinski definition) is 2. The van der Waals surface area contributed by atoms with Gasteiger partial charge in [-0.25, -0.2) is 13.2 Å². The van der Waals surface area contributed by atoms with Gasteiger partial charge in [0.2, 0.25) is 11.8 Å². The van der Waals surface area contributed by atoms with Crippen LogP contribution in [0.3, 0.4) is 0 Å². The maximum absolute atomic E-state index is 14.0. The Kier molecular flexibility index (Phi) is 3.50. The lowest BCUT2D eigenvalue weighted by Gasteiger charge is -2.29. The third-order valence-electron chi connectivity index (χ3n) is 4.06. The number of fused-ring (bicyclic) bond motifs is 1. The molecule has 9 heteroatoms. The molecule has 2 aliphatic rings. The van der Waals surface area contributed by atoms with Crippen LogP contribution >= 0.6 is 0 Å². The lowest BCUT2D eigenvalue weighted by molar-refractivity contribution is -0.136. The molecule has 0 spiro atoms. The monoisotopic (exact) mass is 327 g/mol. The van der Waals surface area contributed by atoms with Gasteiger partial charge in [0.05, 0.1) is 17.8 Å². The number of imide groups is 1. The van der Waals surface area contributed by atoms with Gasteiger partial charge in [-0.1, -0.05) is 0 Å². The van der Waals surface area contributed by atoms with Crippen molar-refractivity contribution in [3.63, 3.8) is 0 Å². The zero-order chi connectivity index (χ0) is 16.9. The van der Waals surface area contributed by atoms with E-state index in [0.717, 1.165) is 4.90 Å². The van der Waals surface area contributed by atoms with Gasteiger partial charge in [-0.3, -0.25) is 19.7 Å². The maximum atomic E-state index is 14.0. The Morgan fingerprint density at radius 2 is 1.83 bits per heavy atom. The molecule has 1 atom stereocenters. The molecule has 0 saturated carbocycles. The second-order valence-corrected chi connectivity index (χ2v) is 5.32. The highest BCUT2D eigenvalue weighted by Crippen LogP contribution is 2.37. The fraction of sp³-hybridized carbons (Fsp3) is 0.357. The molecular weight excluding hydrogens is 315 g/mol. The Morgan fingerprint density at radius 1 is 1.13 bits per heavy atom. The third kappa shape index (κ3) is 2.14. The molecule has 1 fully saturated rings. The van der Waals surface area contributed by atoms with Gasteiger partial charge in [-0.05, 0) is 6.42 Å². The number of benzene rings is 1. The van der Waals surface area contributed by atoms with Gasteiger partial charge in [-0.15, -0.1) is 0 Å². The highest BCUT2D eigenvalue weighted by Gasteiger charge is 2.43. The van der Waals surface area contributed by atoms with Crippen molar-refractivity contribution in [3.05, 3.63) is 28.6 Å². The minimum Gasteiger partial charge on any atom is -0.385 e. The van der Waals surface area contributed by atoms with Crippen molar-refractivity contribution in [2.45, 2.75) is 25.4 Å². The van der Waals surface area contributed by atoms with Crippen LogP contribution in [0.15, 0.2) is 0 Å². The molecule has 3 amide bonds. The van der Waals surface area contributed by atoms with Crippen LogP contribution in [0.25, 0.3) is 0 Å². The summed E-state index contributed by atoms with van der Waals surface area (Å²) in [5.74, 6) is -6.53. The SMILES string of the molecule is CNc1c(F)c(F)c(F)c2c1C(=O)N(C1CCC(=O)NC1=O)C2. The van der Waals surface area contributed by atoms with E-state index in [-0.39, 0.29) is 30.5 Å². The van der Waals surface area contributed by atoms with E-state index in [2.05, 4.69) is 10.6 Å². The lowest BCUT2D eigenvalue weighted by atomic mass is 10.0. The number of nitrogens with one attached hydrogen (secondary N) is 2. The molecular formula is C14H12F3N3O3. The number of carbonyl (C=O) groups is 3. The van der Waals surface area contributed by atoms with E-state index >= 15 is 0 Å². The molecule has 1 aromatic carbocycles. The number of amides is 3. The van der Waals surface area contributed by atoms with Crippen LogP contribution in [-0.4, -0.2) is 35.7 Å². The van der Waals surface area contributed by atoms with Crippen molar-refractivity contribution in [3.8, 4) is 0 Å². The molecule has 2 aliphatic heterocycles. The quantitative estimate of drug-likeness (QED) is 0.625. The second kappa shape index (κ2) is 5.25. The zero-order valence-electron chi connectivity index (χ0n) is 12.0. The maximum Gasteiger partial charge on any atom is 0.257 e. The minimum atomic E-state index is -1.67. The van der Waals surface area contributed by atoms with Crippen molar-refractivity contribution in [2.75, 3.05) is 12.4 Å². The van der Waals surface area contributed by atoms with Gasteiger partial charge in [0.1, 0.15) is 6.04 Å². The van der Waals surface area contributed by atoms with E-state index in [1.807, 2.05) is 0 Å². The standard InChI is InChI=1S/C14H12F3N3O3/c1-18-12-8-5(9(15)10(16)11(12)17)4-20(14(8)23)6-2-3-7(21)19-13(6)22/h6,18H,2-4H2,1H3,(H,19,21,22). The number of carbonyl (C=O) groups excluding carboxylic acids is 3. The summed E-state index contributed by atoms with van der Waals surface area (Å²) >= 11 is 0. The summed E-state index contributed by atoms with van der Waals surface area (Å²) in [5, 5.41) is 4.44. The van der Waals surface area contributed by atoms with E-state index in [1.54, 1.807) is 0 Å². The highest BCUT2D eigenvalue weighted by molar-refractivity contribution is 6.08. The first-order chi connectivity index (χ1) is 10.9. The summed E-state index contributed by atoms with van der Waals surface area (Å²) in [5.41, 5.74) is -1.07. The largest absolute Gasteiger partial charge is 0.385 e. The summed E-state index contributed by atoms with van der Waals surface area (Å²) in [6.45, 7) is -0.363. The van der Waals surface area contributed by atoms with Crippen molar-refractivity contribution in [1.29, 1.82) is 0 Å². The van der Waals surface area contributed by atoms with Crippen molar-refractivity contribution < 1.29 is 27.6 Å². The zero-order valence-corrected chi connectivity index (χ0v) is 12.0. The van der Waals surface area contributed by atoms with Crippen LogP contribution in [0.2, 0.25) is 0 Å². The third-order valence-corrected chi connectivity index (χ3v) is 4.06. The van der Waals surface area contributed by atoms with Crippen LogP contribution in [-0.2, 0) is 16.1 Å². The fourth-order valence-corrected chi connectivity index (χ4v) is 2.95. The predicted molar refractivity (Wildman–Crippen MR) is 71.9 cm³/mol. The van der Waals surface area contributed by atoms with E-state index in [9.17, 15) is 27.6 Å². The smallest absolute Gasteiger partial charge is 0.257 e. The number of hydrogen-bond acceptors (Lipinski definition) is 4. The van der Waals surface area contributed by atoms with E-state index in [0.29, 0.717) is 0 Å². The molecule has 0 bridgehead atoms. The Bertz CT molecular complexity index is 751. The van der Waals surface area contributed by atoms with Crippen molar-refractivity contribution >= 4 is 23.4 Å². The molecule has 23 heavy (non-hydrogen) atoms. The summed E-state index contributed by atoms with van der Waals surface area (Å²) in [6.07, 6.45) is 0.104. The first kappa shape index (κ1) is 15.3. The van der Waals surface area contributed by atoms with Gasteiger partial charge >= 0.3 is 0 Å². The first-order valence-corrected chi connectivity index (χ1v) is 6.88. The molecule has 1 unspecified atom stereocenters. The first-order valence-electron chi connectivity index (χ1n) is 6.88. The number of nitrogens with zero attached hydrogens (tertiary/aromatic N) is 1. The van der Waals surface area contributed by atoms with Crippen molar-refractivity contribution in [1.82, 2.24) is 10.2 Å². The normalized spacial score (nSPS) is 20.6. The summed E-state index contributed by atoms with van der Waals surface area (Å²) in [7, 11) is 1.28. The number of halogens is 3. The van der Waals surface area contributed by atoms with E-state index < -0.39 is 46.9 Å². The van der Waals surface area contributed by atoms with Crippen LogP contribution in [0.5, 0.6) is 0 Å². The minimum absolute atomic E-state index is 0.0284. The van der Waals surface area contributed by atoms with Crippen molar-refractivity contribution in [2.24, 2.45) is 0 Å². The molecule has 2 N–H and O–H groups in total. The Balaban J connectivity index is 2.04. The highest BCUT2D eigenvalue weighted by atomic mass is 19.2. The summed E-state index contributed by atoms with van der Waals surface area (Å²) in [4.78, 5) is 36.6. The molecule has 3 rings (SSSR count). The Hall–Kier alpha value is -2.58. The second-order valence-electron chi connectivity index (χ2n) is 5.32. The number of rotatable bonds is 2. The van der Waals surface area contributed by atoms with Gasteiger partial charge in [-0.2, -0.15) is 0 Å². The Labute approximate surface area is 128 Å². The van der Waals surface area contributed by atoms with Gasteiger partial charge in [0.25, 0.3) is 5.91 Å². The molecule has 122 valence electrons. The van der Waals surface area contributed by atoms with Crippen LogP contribution in [0.4, 0.5) is 18.9 Å². The number of piperidine rings is 1. The molecule has 2 heterocycles. The topological polar surface area (TPSA) is 78.5 Å². The van der Waals surface area contributed by atoms with Crippen LogP contribution in [0.1, 0.15) is 28.8 Å². The average Bonchev–Trinajstić information content (AvgIpc) is 2.84. The molecule has 1 saturated heterocycles. The summed E-state index contributed by atoms with van der Waals surface area (Å²) < 4.78 is 41.4. The lowest BCUT2D eigenvalue weighted by Crippen LogP contribution is -2.52. The van der Waals surface area contributed by atoms with Gasteiger partial charge < -0.3 is 10.2 Å². The fourth-order valence-electron chi connectivity index (χ4n) is 2.95. The van der Waals surface area contributed by atoms with E-state index in [1.165, 1.54) is 7.05 Å². The molecule has 0 aromatic heterocycles. The molecule has 0 radical (unpaired) electrons. The Morgan fingerprint density at radius 3 is 2.43 bits per heavy atom. The van der Waals surface area contributed by atoms with Crippen LogP contribution in [0, 0.1) is 17.5 Å². The summed E-state index contributed by atoms with van der Waals surface area (Å²) in [6, 6.07) is -0.983. The molecule has 1 aromatic rings. The average molecular weight is 327 g/mol. The van der Waals surface area contributed by atoms with Gasteiger partial charge in [0.15, 0.2) is 17.5 Å². The molecule has 6 nitrogen and oxygen atoms in total. The number of anilines is 1. The van der Waals surface area contributed by atoms with Crippen LogP contribution < -0.4 is 10.6 Å². The van der Waals surface area contributed by atoms with E-state index in [4.69, 9.17) is 0 Å². The van der Waals surface area contributed by atoms with Gasteiger partial charge in [0, 0.05) is 19.0 Å².